The summed E-state index contributed by atoms with van der Waals surface area (Å²) in [6.07, 6.45) is 0. The summed E-state index contributed by atoms with van der Waals surface area (Å²) in [4.78, 5) is 13.3. The average Bonchev–Trinajstić information content (AvgIpc) is 2.63. The first-order valence-corrected chi connectivity index (χ1v) is 6.37. The maximum absolute atomic E-state index is 11.7. The van der Waals surface area contributed by atoms with Gasteiger partial charge in [0.15, 0.2) is 0 Å². The topological polar surface area (TPSA) is 65.4 Å². The molecule has 1 aliphatic rings. The molecule has 1 saturated heterocycles. The minimum absolute atomic E-state index is 0.179. The predicted octanol–water partition coefficient (Wildman–Crippen LogP) is 2.52. The van der Waals surface area contributed by atoms with Gasteiger partial charge in [-0.25, -0.2) is 4.79 Å². The Morgan fingerprint density at radius 2 is 2.28 bits per heavy atom. The molecule has 2 amide bonds. The Kier molecular flexibility index (Phi) is 3.56. The van der Waals surface area contributed by atoms with E-state index < -0.39 is 6.04 Å². The van der Waals surface area contributed by atoms with Crippen LogP contribution in [0.3, 0.4) is 0 Å². The summed E-state index contributed by atoms with van der Waals surface area (Å²) in [5, 5.41) is 10.4. The van der Waals surface area contributed by atoms with E-state index in [0.29, 0.717) is 12.3 Å². The van der Waals surface area contributed by atoms with Crippen molar-refractivity contribution in [3.63, 3.8) is 0 Å². The number of nitrogens with one attached hydrogen (secondary N) is 2. The van der Waals surface area contributed by atoms with E-state index >= 15 is 0 Å². The van der Waals surface area contributed by atoms with E-state index in [9.17, 15) is 4.79 Å². The third-order valence-electron chi connectivity index (χ3n) is 2.91. The van der Waals surface area contributed by atoms with Crippen LogP contribution in [-0.4, -0.2) is 30.4 Å². The number of carbonyl (C=O) groups excluding carboxylic acids is 1. The molecule has 2 N–H and O–H groups in total. The second-order valence-corrected chi connectivity index (χ2v) is 4.83. The van der Waals surface area contributed by atoms with Gasteiger partial charge in [0, 0.05) is 16.6 Å². The Morgan fingerprint density at radius 1 is 1.56 bits per heavy atom. The van der Waals surface area contributed by atoms with Gasteiger partial charge in [0.2, 0.25) is 0 Å². The first-order chi connectivity index (χ1) is 8.58. The summed E-state index contributed by atoms with van der Waals surface area (Å²) < 4.78 is 6.20. The van der Waals surface area contributed by atoms with Gasteiger partial charge in [-0.3, -0.25) is 10.7 Å². The molecule has 1 fully saturated rings. The lowest BCUT2D eigenvalue weighted by Gasteiger charge is -2.23. The summed E-state index contributed by atoms with van der Waals surface area (Å²) in [5.41, 5.74) is 0.803. The zero-order valence-corrected chi connectivity index (χ0v) is 11.7. The molecule has 1 heterocycles. The Balaban J connectivity index is 2.49. The Labute approximate surface area is 114 Å². The molecule has 5 nitrogen and oxygen atoms in total. The van der Waals surface area contributed by atoms with Gasteiger partial charge in [0.25, 0.3) is 0 Å². The number of hydrogen-bond acceptors (Lipinski definition) is 3. The molecule has 0 aliphatic carbocycles. The summed E-state index contributed by atoms with van der Waals surface area (Å²) in [6, 6.07) is 4.92. The molecule has 96 valence electrons. The first-order valence-electron chi connectivity index (χ1n) is 5.58. The van der Waals surface area contributed by atoms with E-state index in [2.05, 4.69) is 21.2 Å². The molecule has 1 atom stereocenters. The van der Waals surface area contributed by atoms with E-state index in [1.165, 1.54) is 0 Å². The highest BCUT2D eigenvalue weighted by molar-refractivity contribution is 9.10. The smallest absolute Gasteiger partial charge is 0.323 e. The number of amidine groups is 1. The van der Waals surface area contributed by atoms with Crippen molar-refractivity contribution in [2.75, 3.05) is 13.7 Å². The molecule has 1 aromatic rings. The molecule has 0 spiro atoms. The van der Waals surface area contributed by atoms with Crippen LogP contribution in [0.5, 0.6) is 5.75 Å². The Hall–Kier alpha value is -1.56. The molecule has 6 heteroatoms. The molecule has 1 aliphatic heterocycles. The maximum Gasteiger partial charge on any atom is 0.323 e. The minimum atomic E-state index is -0.407. The van der Waals surface area contributed by atoms with Crippen LogP contribution in [0.25, 0.3) is 0 Å². The number of benzene rings is 1. The summed E-state index contributed by atoms with van der Waals surface area (Å²) in [5.74, 6) is 0.848. The molecule has 0 saturated carbocycles. The lowest BCUT2D eigenvalue weighted by molar-refractivity contribution is 0.208. The van der Waals surface area contributed by atoms with Crippen molar-refractivity contribution < 1.29 is 9.53 Å². The second kappa shape index (κ2) is 4.97. The van der Waals surface area contributed by atoms with Gasteiger partial charge >= 0.3 is 6.03 Å². The number of ether oxygens (including phenoxy) is 1. The maximum atomic E-state index is 11.7. The fraction of sp³-hybridized carbons (Fsp3) is 0.333. The van der Waals surface area contributed by atoms with E-state index in [4.69, 9.17) is 10.1 Å². The quantitative estimate of drug-likeness (QED) is 0.901. The Bertz CT molecular complexity index is 504. The summed E-state index contributed by atoms with van der Waals surface area (Å²) in [6.45, 7) is 2.42. The van der Waals surface area contributed by atoms with Crippen molar-refractivity contribution in [3.8, 4) is 5.75 Å². The van der Waals surface area contributed by atoms with E-state index in [-0.39, 0.29) is 11.9 Å². The average molecular weight is 312 g/mol. The third-order valence-corrected chi connectivity index (χ3v) is 3.41. The number of halogens is 1. The first kappa shape index (κ1) is 12.9. The number of likely N-dealkylation sites (N-methyl/N-ethyl adjacent to an activating group) is 1. The normalized spacial score (nSPS) is 19.1. The Morgan fingerprint density at radius 3 is 2.89 bits per heavy atom. The molecule has 18 heavy (non-hydrogen) atoms. The lowest BCUT2D eigenvalue weighted by Crippen LogP contribution is -2.29. The van der Waals surface area contributed by atoms with Crippen LogP contribution in [0.4, 0.5) is 4.79 Å². The zero-order valence-electron chi connectivity index (χ0n) is 10.2. The second-order valence-electron chi connectivity index (χ2n) is 3.92. The van der Waals surface area contributed by atoms with Crippen LogP contribution in [0.1, 0.15) is 18.5 Å². The van der Waals surface area contributed by atoms with Crippen LogP contribution in [0.15, 0.2) is 22.7 Å². The molecular weight excluding hydrogens is 298 g/mol. The van der Waals surface area contributed by atoms with Crippen molar-refractivity contribution in [3.05, 3.63) is 28.2 Å². The molecule has 0 radical (unpaired) electrons. The molecule has 0 aromatic heterocycles. The fourth-order valence-corrected chi connectivity index (χ4v) is 2.48. The van der Waals surface area contributed by atoms with Crippen molar-refractivity contribution in [1.82, 2.24) is 10.2 Å². The highest BCUT2D eigenvalue weighted by Gasteiger charge is 2.37. The van der Waals surface area contributed by atoms with Crippen LogP contribution < -0.4 is 10.1 Å². The number of carbonyl (C=O) groups is 1. The molecular formula is C12H14BrN3O2. The van der Waals surface area contributed by atoms with Crippen LogP contribution in [-0.2, 0) is 0 Å². The number of urea groups is 1. The number of hydrogen-bond donors (Lipinski definition) is 2. The predicted molar refractivity (Wildman–Crippen MR) is 72.1 cm³/mol. The molecule has 2 rings (SSSR count). The van der Waals surface area contributed by atoms with E-state index in [0.717, 1.165) is 10.0 Å². The monoisotopic (exact) mass is 311 g/mol. The van der Waals surface area contributed by atoms with Gasteiger partial charge in [0.1, 0.15) is 17.6 Å². The van der Waals surface area contributed by atoms with Gasteiger partial charge in [-0.15, -0.1) is 0 Å². The highest BCUT2D eigenvalue weighted by atomic mass is 79.9. The molecule has 1 unspecified atom stereocenters. The van der Waals surface area contributed by atoms with Crippen molar-refractivity contribution in [2.24, 2.45) is 0 Å². The van der Waals surface area contributed by atoms with Crippen LogP contribution in [0, 0.1) is 5.41 Å². The largest absolute Gasteiger partial charge is 0.496 e. The van der Waals surface area contributed by atoms with Gasteiger partial charge in [-0.05, 0) is 25.1 Å². The van der Waals surface area contributed by atoms with E-state index in [1.54, 1.807) is 12.0 Å². The van der Waals surface area contributed by atoms with Crippen LogP contribution >= 0.6 is 15.9 Å². The van der Waals surface area contributed by atoms with Crippen LogP contribution in [0.2, 0.25) is 0 Å². The molecule has 1 aromatic carbocycles. The fourth-order valence-electron chi connectivity index (χ4n) is 2.10. The van der Waals surface area contributed by atoms with E-state index in [1.807, 2.05) is 25.1 Å². The van der Waals surface area contributed by atoms with Crippen molar-refractivity contribution >= 4 is 27.8 Å². The van der Waals surface area contributed by atoms with Gasteiger partial charge in [-0.2, -0.15) is 0 Å². The minimum Gasteiger partial charge on any atom is -0.496 e. The van der Waals surface area contributed by atoms with Gasteiger partial charge in [-0.1, -0.05) is 15.9 Å². The molecule has 0 bridgehead atoms. The number of nitrogens with zero attached hydrogens (tertiary/aromatic N) is 1. The van der Waals surface area contributed by atoms with Crippen molar-refractivity contribution in [2.45, 2.75) is 13.0 Å². The van der Waals surface area contributed by atoms with Gasteiger partial charge < -0.3 is 9.64 Å². The third kappa shape index (κ3) is 2.08. The number of rotatable bonds is 3. The summed E-state index contributed by atoms with van der Waals surface area (Å²) >= 11 is 3.40. The number of amides is 2. The standard InChI is InChI=1S/C12H14BrN3O2/c1-3-16-10(11(14)15-12(16)17)8-6-7(13)4-5-9(8)18-2/h4-6,10H,3H2,1-2H3,(H2,14,15,17). The van der Waals surface area contributed by atoms with Gasteiger partial charge in [0.05, 0.1) is 7.11 Å². The SMILES string of the molecule is CCN1C(=O)NC(=N)C1c1cc(Br)ccc1OC. The zero-order chi connectivity index (χ0) is 13.3. The summed E-state index contributed by atoms with van der Waals surface area (Å²) in [7, 11) is 1.58. The van der Waals surface area contributed by atoms with Crippen molar-refractivity contribution in [1.29, 1.82) is 5.41 Å². The lowest BCUT2D eigenvalue weighted by atomic mass is 10.0. The highest BCUT2D eigenvalue weighted by Crippen LogP contribution is 2.34. The number of methoxy groups -OCH3 is 1.